The van der Waals surface area contributed by atoms with Gasteiger partial charge in [-0.2, -0.15) is 0 Å². The molecule has 1 aliphatic rings. The molecule has 1 fully saturated rings. The van der Waals surface area contributed by atoms with E-state index in [1.807, 2.05) is 36.4 Å². The molecule has 0 aliphatic carbocycles. The van der Waals surface area contributed by atoms with Gasteiger partial charge in [-0.1, -0.05) is 36.0 Å². The van der Waals surface area contributed by atoms with Crippen LogP contribution in [0.4, 0.5) is 0 Å². The van der Waals surface area contributed by atoms with Crippen LogP contribution < -0.4 is 5.56 Å². The maximum absolute atomic E-state index is 12.6. The molecule has 0 radical (unpaired) electrons. The lowest BCUT2D eigenvalue weighted by atomic mass is 10.1. The van der Waals surface area contributed by atoms with Gasteiger partial charge in [0, 0.05) is 13.5 Å². The standard InChI is InChI=1S/C17H14N2O3S/c1-19-15(20)12-8-10-4-2-3-5-11(10)9-13(12)18-17(19)23-14-6-7-22-16(14)21/h2-5,8-9,14H,6-7H2,1H3/t14-/m1/s1. The van der Waals surface area contributed by atoms with Crippen molar-refractivity contribution >= 4 is 39.4 Å². The number of thioether (sulfide) groups is 1. The summed E-state index contributed by atoms with van der Waals surface area (Å²) >= 11 is 1.30. The Balaban J connectivity index is 1.88. The predicted octanol–water partition coefficient (Wildman–Crippen LogP) is 2.49. The maximum atomic E-state index is 12.6. The van der Waals surface area contributed by atoms with Crippen molar-refractivity contribution in [2.45, 2.75) is 16.8 Å². The van der Waals surface area contributed by atoms with Crippen LogP contribution in [0.15, 0.2) is 46.3 Å². The Morgan fingerprint density at radius 3 is 2.65 bits per heavy atom. The number of nitrogens with zero attached hydrogens (tertiary/aromatic N) is 2. The zero-order valence-electron chi connectivity index (χ0n) is 12.5. The van der Waals surface area contributed by atoms with Gasteiger partial charge >= 0.3 is 5.97 Å². The molecule has 0 unspecified atom stereocenters. The molecular formula is C17H14N2O3S. The van der Waals surface area contributed by atoms with Gasteiger partial charge in [-0.25, -0.2) is 4.98 Å². The minimum atomic E-state index is -0.286. The number of aromatic nitrogens is 2. The lowest BCUT2D eigenvalue weighted by molar-refractivity contribution is -0.137. The van der Waals surface area contributed by atoms with Crippen LogP contribution in [-0.2, 0) is 16.6 Å². The molecule has 1 saturated heterocycles. The van der Waals surface area contributed by atoms with Gasteiger partial charge in [0.2, 0.25) is 0 Å². The van der Waals surface area contributed by atoms with E-state index in [0.717, 1.165) is 10.8 Å². The molecule has 0 saturated carbocycles. The van der Waals surface area contributed by atoms with Crippen LogP contribution in [0.1, 0.15) is 6.42 Å². The average Bonchev–Trinajstić information content (AvgIpc) is 2.96. The molecule has 0 amide bonds. The Labute approximate surface area is 136 Å². The van der Waals surface area contributed by atoms with E-state index in [-0.39, 0.29) is 16.8 Å². The summed E-state index contributed by atoms with van der Waals surface area (Å²) in [5, 5.41) is 2.90. The van der Waals surface area contributed by atoms with Crippen molar-refractivity contribution in [2.75, 3.05) is 6.61 Å². The Hall–Kier alpha value is -2.34. The lowest BCUT2D eigenvalue weighted by Crippen LogP contribution is -2.22. The number of cyclic esters (lactones) is 1. The lowest BCUT2D eigenvalue weighted by Gasteiger charge is -2.11. The summed E-state index contributed by atoms with van der Waals surface area (Å²) in [6, 6.07) is 11.7. The van der Waals surface area contributed by atoms with E-state index < -0.39 is 0 Å². The first-order valence-corrected chi connectivity index (χ1v) is 8.24. The van der Waals surface area contributed by atoms with E-state index in [9.17, 15) is 9.59 Å². The highest BCUT2D eigenvalue weighted by Gasteiger charge is 2.29. The van der Waals surface area contributed by atoms with Gasteiger partial charge in [0.1, 0.15) is 5.25 Å². The maximum Gasteiger partial charge on any atom is 0.319 e. The summed E-state index contributed by atoms with van der Waals surface area (Å²) in [6.07, 6.45) is 0.648. The van der Waals surface area contributed by atoms with E-state index in [0.29, 0.717) is 29.1 Å². The number of ether oxygens (including phenoxy) is 1. The van der Waals surface area contributed by atoms with Crippen molar-refractivity contribution in [2.24, 2.45) is 7.05 Å². The van der Waals surface area contributed by atoms with E-state index in [1.165, 1.54) is 16.3 Å². The minimum absolute atomic E-state index is 0.102. The quantitative estimate of drug-likeness (QED) is 0.411. The number of benzene rings is 2. The van der Waals surface area contributed by atoms with E-state index in [2.05, 4.69) is 4.98 Å². The molecule has 1 aliphatic heterocycles. The number of hydrogen-bond acceptors (Lipinski definition) is 5. The third-order valence-corrected chi connectivity index (χ3v) is 5.33. The van der Waals surface area contributed by atoms with Crippen LogP contribution in [0.3, 0.4) is 0 Å². The Morgan fingerprint density at radius 2 is 1.96 bits per heavy atom. The molecule has 1 aromatic heterocycles. The van der Waals surface area contributed by atoms with Gasteiger partial charge in [-0.05, 0) is 22.9 Å². The highest BCUT2D eigenvalue weighted by atomic mass is 32.2. The van der Waals surface area contributed by atoms with Crippen molar-refractivity contribution in [1.29, 1.82) is 0 Å². The fourth-order valence-electron chi connectivity index (χ4n) is 2.75. The Bertz CT molecular complexity index is 996. The molecule has 6 heteroatoms. The van der Waals surface area contributed by atoms with Crippen molar-refractivity contribution in [3.8, 4) is 0 Å². The van der Waals surface area contributed by atoms with Crippen molar-refractivity contribution in [3.05, 3.63) is 46.8 Å². The molecule has 0 bridgehead atoms. The average molecular weight is 326 g/mol. The van der Waals surface area contributed by atoms with Crippen LogP contribution in [0.25, 0.3) is 21.7 Å². The molecule has 4 rings (SSSR count). The van der Waals surface area contributed by atoms with Crippen LogP contribution in [0.5, 0.6) is 0 Å². The Kier molecular flexibility index (Phi) is 3.34. The Morgan fingerprint density at radius 1 is 1.22 bits per heavy atom. The summed E-state index contributed by atoms with van der Waals surface area (Å²) in [5.41, 5.74) is 0.551. The molecule has 1 atom stereocenters. The van der Waals surface area contributed by atoms with Crippen LogP contribution in [0, 0.1) is 0 Å². The van der Waals surface area contributed by atoms with Crippen molar-refractivity contribution in [1.82, 2.24) is 9.55 Å². The second-order valence-corrected chi connectivity index (χ2v) is 6.71. The number of fused-ring (bicyclic) bond motifs is 2. The number of carbonyl (C=O) groups excluding carboxylic acids is 1. The monoisotopic (exact) mass is 326 g/mol. The van der Waals surface area contributed by atoms with Gasteiger partial charge in [0.15, 0.2) is 5.16 Å². The molecule has 23 heavy (non-hydrogen) atoms. The van der Waals surface area contributed by atoms with Crippen molar-refractivity contribution in [3.63, 3.8) is 0 Å². The van der Waals surface area contributed by atoms with E-state index >= 15 is 0 Å². The van der Waals surface area contributed by atoms with Crippen LogP contribution in [-0.4, -0.2) is 27.4 Å². The van der Waals surface area contributed by atoms with Crippen LogP contribution >= 0.6 is 11.8 Å². The second-order valence-electron chi connectivity index (χ2n) is 5.54. The van der Waals surface area contributed by atoms with E-state index in [4.69, 9.17) is 4.74 Å². The molecule has 0 spiro atoms. The molecule has 116 valence electrons. The van der Waals surface area contributed by atoms with Gasteiger partial charge in [0.05, 0.1) is 17.5 Å². The van der Waals surface area contributed by atoms with Gasteiger partial charge in [-0.15, -0.1) is 0 Å². The SMILES string of the molecule is Cn1c(S[C@@H]2CCOC2=O)nc2cc3ccccc3cc2c1=O. The molecular weight excluding hydrogens is 312 g/mol. The minimum Gasteiger partial charge on any atom is -0.465 e. The molecule has 2 aromatic carbocycles. The van der Waals surface area contributed by atoms with Gasteiger partial charge < -0.3 is 4.74 Å². The summed E-state index contributed by atoms with van der Waals surface area (Å²) in [5.74, 6) is -0.233. The first-order chi connectivity index (χ1) is 11.1. The highest BCUT2D eigenvalue weighted by molar-refractivity contribution is 8.00. The summed E-state index contributed by atoms with van der Waals surface area (Å²) in [7, 11) is 1.69. The predicted molar refractivity (Wildman–Crippen MR) is 89.7 cm³/mol. The largest absolute Gasteiger partial charge is 0.465 e. The van der Waals surface area contributed by atoms with Crippen molar-refractivity contribution < 1.29 is 9.53 Å². The number of esters is 1. The zero-order valence-corrected chi connectivity index (χ0v) is 13.3. The molecule has 3 aromatic rings. The van der Waals surface area contributed by atoms with E-state index in [1.54, 1.807) is 7.05 Å². The summed E-state index contributed by atoms with van der Waals surface area (Å²) in [6.45, 7) is 0.433. The number of hydrogen-bond donors (Lipinski definition) is 0. The number of carbonyl (C=O) groups is 1. The topological polar surface area (TPSA) is 61.2 Å². The normalized spacial score (nSPS) is 17.8. The van der Waals surface area contributed by atoms with Gasteiger partial charge in [0.25, 0.3) is 5.56 Å². The summed E-state index contributed by atoms with van der Waals surface area (Å²) in [4.78, 5) is 28.9. The number of rotatable bonds is 2. The third kappa shape index (κ3) is 2.39. The van der Waals surface area contributed by atoms with Gasteiger partial charge in [-0.3, -0.25) is 14.2 Å². The zero-order chi connectivity index (χ0) is 16.0. The molecule has 5 nitrogen and oxygen atoms in total. The fraction of sp³-hybridized carbons (Fsp3) is 0.235. The molecule has 0 N–H and O–H groups in total. The highest BCUT2D eigenvalue weighted by Crippen LogP contribution is 2.29. The third-order valence-electron chi connectivity index (χ3n) is 4.04. The first-order valence-electron chi connectivity index (χ1n) is 7.36. The smallest absolute Gasteiger partial charge is 0.319 e. The molecule has 2 heterocycles. The summed E-state index contributed by atoms with van der Waals surface area (Å²) < 4.78 is 6.49. The van der Waals surface area contributed by atoms with Crippen LogP contribution in [0.2, 0.25) is 0 Å². The first kappa shape index (κ1) is 14.3. The fourth-order valence-corrected chi connectivity index (χ4v) is 3.78. The second kappa shape index (κ2) is 5.38.